The number of halogens is 1. The number of hydrogen-bond donors (Lipinski definition) is 1. The summed E-state index contributed by atoms with van der Waals surface area (Å²) in [6.45, 7) is 3.86. The quantitative estimate of drug-likeness (QED) is 0.832. The molecule has 2 rings (SSSR count). The molecule has 0 bridgehead atoms. The topological polar surface area (TPSA) is 50.2 Å². The van der Waals surface area contributed by atoms with Crippen molar-refractivity contribution in [1.29, 1.82) is 0 Å². The van der Waals surface area contributed by atoms with Crippen LogP contribution in [0.3, 0.4) is 0 Å². The van der Waals surface area contributed by atoms with E-state index in [0.717, 1.165) is 9.90 Å². The maximum absolute atomic E-state index is 12.8. The number of carbonyl (C=O) groups is 1. The lowest BCUT2D eigenvalue weighted by Crippen LogP contribution is -2.00. The van der Waals surface area contributed by atoms with Gasteiger partial charge in [-0.1, -0.05) is 13.8 Å². The molecule has 0 atom stereocenters. The minimum atomic E-state index is -0.927. The summed E-state index contributed by atoms with van der Waals surface area (Å²) in [6.07, 6.45) is 0. The van der Waals surface area contributed by atoms with E-state index in [2.05, 4.69) is 4.98 Å². The number of thiazole rings is 1. The zero-order valence-corrected chi connectivity index (χ0v) is 12.7. The molecule has 20 heavy (non-hydrogen) atoms. The lowest BCUT2D eigenvalue weighted by molar-refractivity contribution is 0.0700. The van der Waals surface area contributed by atoms with Gasteiger partial charge in [0.05, 0.1) is 11.4 Å². The van der Waals surface area contributed by atoms with E-state index in [1.54, 1.807) is 12.1 Å². The Morgan fingerprint density at radius 2 is 2.05 bits per heavy atom. The van der Waals surface area contributed by atoms with E-state index in [-0.39, 0.29) is 11.7 Å². The fraction of sp³-hybridized carbons (Fsp3) is 0.286. The van der Waals surface area contributed by atoms with Gasteiger partial charge in [-0.25, -0.2) is 14.2 Å². The third-order valence-corrected chi connectivity index (χ3v) is 4.88. The first-order chi connectivity index (χ1) is 9.47. The molecule has 0 saturated heterocycles. The minimum Gasteiger partial charge on any atom is -0.477 e. The van der Waals surface area contributed by atoms with Crippen molar-refractivity contribution >= 4 is 29.1 Å². The van der Waals surface area contributed by atoms with Crippen LogP contribution in [0.25, 0.3) is 0 Å². The second-order valence-corrected chi connectivity index (χ2v) is 6.66. The molecule has 1 N–H and O–H groups in total. The number of carboxylic acid groups (broad SMARTS) is 1. The van der Waals surface area contributed by atoms with Gasteiger partial charge in [0.1, 0.15) is 15.7 Å². The highest BCUT2D eigenvalue weighted by Gasteiger charge is 2.19. The SMILES string of the molecule is CC(C)c1nc(CSc2ccc(F)cc2)sc1C(=O)O. The molecule has 0 spiro atoms. The molecule has 0 aliphatic carbocycles. The van der Waals surface area contributed by atoms with Gasteiger partial charge in [-0.05, 0) is 30.2 Å². The molecule has 0 unspecified atom stereocenters. The molecule has 6 heteroatoms. The Bertz CT molecular complexity index is 608. The van der Waals surface area contributed by atoms with Gasteiger partial charge in [0.15, 0.2) is 0 Å². The highest BCUT2D eigenvalue weighted by molar-refractivity contribution is 7.98. The maximum atomic E-state index is 12.8. The molecule has 2 aromatic rings. The van der Waals surface area contributed by atoms with Crippen molar-refractivity contribution in [3.05, 3.63) is 45.7 Å². The summed E-state index contributed by atoms with van der Waals surface area (Å²) >= 11 is 2.73. The number of rotatable bonds is 5. The summed E-state index contributed by atoms with van der Waals surface area (Å²) < 4.78 is 12.8. The van der Waals surface area contributed by atoms with Crippen molar-refractivity contribution in [2.45, 2.75) is 30.4 Å². The van der Waals surface area contributed by atoms with E-state index in [4.69, 9.17) is 5.11 Å². The van der Waals surface area contributed by atoms with Crippen LogP contribution in [0, 0.1) is 5.82 Å². The normalized spacial score (nSPS) is 11.0. The van der Waals surface area contributed by atoms with Gasteiger partial charge in [-0.15, -0.1) is 23.1 Å². The predicted molar refractivity (Wildman–Crippen MR) is 79.1 cm³/mol. The average Bonchev–Trinajstić information content (AvgIpc) is 2.83. The largest absolute Gasteiger partial charge is 0.477 e. The van der Waals surface area contributed by atoms with Gasteiger partial charge in [0.25, 0.3) is 0 Å². The number of thioether (sulfide) groups is 1. The first-order valence-corrected chi connectivity index (χ1v) is 7.89. The van der Waals surface area contributed by atoms with Gasteiger partial charge in [-0.2, -0.15) is 0 Å². The number of benzene rings is 1. The number of carboxylic acids is 1. The van der Waals surface area contributed by atoms with Gasteiger partial charge in [-0.3, -0.25) is 0 Å². The number of nitrogens with zero attached hydrogens (tertiary/aromatic N) is 1. The lowest BCUT2D eigenvalue weighted by atomic mass is 10.1. The van der Waals surface area contributed by atoms with E-state index >= 15 is 0 Å². The lowest BCUT2D eigenvalue weighted by Gasteiger charge is -2.00. The van der Waals surface area contributed by atoms with Gasteiger partial charge < -0.3 is 5.11 Å². The highest BCUT2D eigenvalue weighted by atomic mass is 32.2. The van der Waals surface area contributed by atoms with Crippen LogP contribution in [0.4, 0.5) is 4.39 Å². The van der Waals surface area contributed by atoms with Gasteiger partial charge >= 0.3 is 5.97 Å². The van der Waals surface area contributed by atoms with E-state index in [1.165, 1.54) is 35.2 Å². The Balaban J connectivity index is 2.12. The molecule has 1 aromatic carbocycles. The zero-order chi connectivity index (χ0) is 14.7. The molecule has 0 radical (unpaired) electrons. The number of hydrogen-bond acceptors (Lipinski definition) is 4. The molecule has 0 fully saturated rings. The Kier molecular flexibility index (Phi) is 4.77. The van der Waals surface area contributed by atoms with E-state index < -0.39 is 5.97 Å². The third-order valence-electron chi connectivity index (χ3n) is 2.61. The molecule has 106 valence electrons. The van der Waals surface area contributed by atoms with Crippen LogP contribution in [0.5, 0.6) is 0 Å². The van der Waals surface area contributed by atoms with E-state index in [0.29, 0.717) is 16.3 Å². The summed E-state index contributed by atoms with van der Waals surface area (Å²) in [5.41, 5.74) is 0.636. The van der Waals surface area contributed by atoms with Gasteiger partial charge in [0, 0.05) is 4.90 Å². The summed E-state index contributed by atoms with van der Waals surface area (Å²) in [5, 5.41) is 9.94. The van der Waals surface area contributed by atoms with Crippen LogP contribution in [0.2, 0.25) is 0 Å². The zero-order valence-electron chi connectivity index (χ0n) is 11.1. The van der Waals surface area contributed by atoms with Crippen molar-refractivity contribution in [3.8, 4) is 0 Å². The first kappa shape index (κ1) is 15.0. The van der Waals surface area contributed by atoms with Crippen molar-refractivity contribution < 1.29 is 14.3 Å². The molecule has 0 aliphatic heterocycles. The molecule has 0 saturated carbocycles. The van der Waals surface area contributed by atoms with Crippen LogP contribution in [-0.4, -0.2) is 16.1 Å². The molecule has 0 aliphatic rings. The maximum Gasteiger partial charge on any atom is 0.347 e. The van der Waals surface area contributed by atoms with Crippen molar-refractivity contribution in [2.75, 3.05) is 0 Å². The van der Waals surface area contributed by atoms with Crippen molar-refractivity contribution in [2.24, 2.45) is 0 Å². The predicted octanol–water partition coefficient (Wildman–Crippen LogP) is 4.40. The Morgan fingerprint density at radius 1 is 1.40 bits per heavy atom. The Morgan fingerprint density at radius 3 is 2.55 bits per heavy atom. The Hall–Kier alpha value is -1.40. The molecule has 0 amide bonds. The van der Waals surface area contributed by atoms with Crippen molar-refractivity contribution in [3.63, 3.8) is 0 Å². The second-order valence-electron chi connectivity index (χ2n) is 4.52. The molecule has 3 nitrogen and oxygen atoms in total. The van der Waals surface area contributed by atoms with Crippen LogP contribution >= 0.6 is 23.1 Å². The monoisotopic (exact) mass is 311 g/mol. The highest BCUT2D eigenvalue weighted by Crippen LogP contribution is 2.30. The minimum absolute atomic E-state index is 0.0851. The Labute approximate surface area is 124 Å². The average molecular weight is 311 g/mol. The standard InChI is InChI=1S/C14H14FNO2S2/c1-8(2)12-13(14(17)18)20-11(16-12)7-19-10-5-3-9(15)4-6-10/h3-6,8H,7H2,1-2H3,(H,17,18). The van der Waals surface area contributed by atoms with Crippen LogP contribution in [0.1, 0.15) is 40.1 Å². The molecule has 1 aromatic heterocycles. The second kappa shape index (κ2) is 6.37. The number of aromatic nitrogens is 1. The summed E-state index contributed by atoms with van der Waals surface area (Å²) in [4.78, 5) is 16.8. The van der Waals surface area contributed by atoms with E-state index in [1.807, 2.05) is 13.8 Å². The summed E-state index contributed by atoms with van der Waals surface area (Å²) in [5.74, 6) is -0.520. The first-order valence-electron chi connectivity index (χ1n) is 6.08. The molecular formula is C14H14FNO2S2. The smallest absolute Gasteiger partial charge is 0.347 e. The molecular weight excluding hydrogens is 297 g/mol. The fourth-order valence-electron chi connectivity index (χ4n) is 1.66. The van der Waals surface area contributed by atoms with E-state index in [9.17, 15) is 9.18 Å². The molecule has 1 heterocycles. The fourth-order valence-corrected chi connectivity index (χ4v) is 3.61. The summed E-state index contributed by atoms with van der Waals surface area (Å²) in [6, 6.07) is 6.23. The summed E-state index contributed by atoms with van der Waals surface area (Å²) in [7, 11) is 0. The van der Waals surface area contributed by atoms with Crippen LogP contribution in [0.15, 0.2) is 29.2 Å². The number of aromatic carboxylic acids is 1. The van der Waals surface area contributed by atoms with Crippen LogP contribution < -0.4 is 0 Å². The van der Waals surface area contributed by atoms with Gasteiger partial charge in [0.2, 0.25) is 0 Å². The van der Waals surface area contributed by atoms with Crippen molar-refractivity contribution in [1.82, 2.24) is 4.98 Å². The van der Waals surface area contributed by atoms with Crippen LogP contribution in [-0.2, 0) is 5.75 Å². The third kappa shape index (κ3) is 3.58.